The van der Waals surface area contributed by atoms with E-state index in [0.717, 1.165) is 17.1 Å². The number of aromatic nitrogens is 1. The number of hydrogen-bond acceptors (Lipinski definition) is 5. The van der Waals surface area contributed by atoms with Crippen molar-refractivity contribution in [2.24, 2.45) is 0 Å². The molecule has 1 amide bonds. The Morgan fingerprint density at radius 3 is 2.26 bits per heavy atom. The fourth-order valence-corrected chi connectivity index (χ4v) is 3.38. The lowest BCUT2D eigenvalue weighted by Crippen LogP contribution is -2.30. The average Bonchev–Trinajstić information content (AvgIpc) is 3.08. The van der Waals surface area contributed by atoms with Crippen LogP contribution in [0.2, 0.25) is 0 Å². The molecule has 162 valence electrons. The topological polar surface area (TPSA) is 78.8 Å². The summed E-state index contributed by atoms with van der Waals surface area (Å²) in [6, 6.07) is 16.5. The van der Waals surface area contributed by atoms with Crippen LogP contribution in [0, 0.1) is 13.8 Å². The van der Waals surface area contributed by atoms with E-state index in [2.05, 4.69) is 5.32 Å². The Morgan fingerprint density at radius 1 is 0.935 bits per heavy atom. The van der Waals surface area contributed by atoms with E-state index in [0.29, 0.717) is 22.7 Å². The van der Waals surface area contributed by atoms with E-state index in [1.54, 1.807) is 24.3 Å². The fourth-order valence-electron chi connectivity index (χ4n) is 3.38. The summed E-state index contributed by atoms with van der Waals surface area (Å²) in [6.07, 6.45) is -0.986. The van der Waals surface area contributed by atoms with Gasteiger partial charge in [-0.25, -0.2) is 4.79 Å². The number of anilines is 1. The third-order valence-corrected chi connectivity index (χ3v) is 4.97. The summed E-state index contributed by atoms with van der Waals surface area (Å²) in [6.45, 7) is 5.30. The standard InChI is InChI=1S/C24H26N2O5/c1-15-13-20(16(2)26(15)19-9-7-6-8-10-19)24(28)31-17(3)23(27)25-18-11-12-21(29-4)22(14-18)30-5/h6-14,17H,1-5H3,(H,25,27). The number of methoxy groups -OCH3 is 2. The van der Waals surface area contributed by atoms with E-state index in [1.165, 1.54) is 21.1 Å². The molecule has 31 heavy (non-hydrogen) atoms. The molecule has 0 fully saturated rings. The molecule has 0 radical (unpaired) electrons. The van der Waals surface area contributed by atoms with Gasteiger partial charge in [0.25, 0.3) is 5.91 Å². The molecule has 1 atom stereocenters. The highest BCUT2D eigenvalue weighted by Crippen LogP contribution is 2.30. The lowest BCUT2D eigenvalue weighted by molar-refractivity contribution is -0.123. The van der Waals surface area contributed by atoms with Crippen LogP contribution in [-0.4, -0.2) is 36.8 Å². The van der Waals surface area contributed by atoms with Gasteiger partial charge >= 0.3 is 5.97 Å². The van der Waals surface area contributed by atoms with Crippen molar-refractivity contribution in [3.05, 3.63) is 71.5 Å². The zero-order valence-electron chi connectivity index (χ0n) is 18.3. The molecule has 2 aromatic carbocycles. The number of nitrogens with one attached hydrogen (secondary N) is 1. The first-order valence-electron chi connectivity index (χ1n) is 9.84. The Morgan fingerprint density at radius 2 is 1.61 bits per heavy atom. The quantitative estimate of drug-likeness (QED) is 0.575. The maximum absolute atomic E-state index is 12.8. The molecule has 7 nitrogen and oxygen atoms in total. The van der Waals surface area contributed by atoms with Crippen molar-refractivity contribution in [3.8, 4) is 17.2 Å². The molecule has 3 aromatic rings. The van der Waals surface area contributed by atoms with Crippen molar-refractivity contribution in [3.63, 3.8) is 0 Å². The van der Waals surface area contributed by atoms with E-state index in [9.17, 15) is 9.59 Å². The molecule has 0 aliphatic heterocycles. The predicted octanol–water partition coefficient (Wildman–Crippen LogP) is 4.30. The minimum Gasteiger partial charge on any atom is -0.493 e. The van der Waals surface area contributed by atoms with Gasteiger partial charge in [0.1, 0.15) is 0 Å². The number of amides is 1. The van der Waals surface area contributed by atoms with Crippen molar-refractivity contribution in [1.29, 1.82) is 0 Å². The Hall–Kier alpha value is -3.74. The molecule has 1 heterocycles. The monoisotopic (exact) mass is 422 g/mol. The van der Waals surface area contributed by atoms with Crippen LogP contribution in [0.3, 0.4) is 0 Å². The number of esters is 1. The molecule has 0 aliphatic carbocycles. The number of rotatable bonds is 7. The van der Waals surface area contributed by atoms with Gasteiger partial charge < -0.3 is 24.1 Å². The van der Waals surface area contributed by atoms with Gasteiger partial charge in [-0.15, -0.1) is 0 Å². The van der Waals surface area contributed by atoms with Crippen LogP contribution in [0.1, 0.15) is 28.7 Å². The highest BCUT2D eigenvalue weighted by Gasteiger charge is 2.23. The molecule has 0 saturated carbocycles. The van der Waals surface area contributed by atoms with E-state index in [4.69, 9.17) is 14.2 Å². The number of aryl methyl sites for hydroxylation is 1. The predicted molar refractivity (Wildman–Crippen MR) is 118 cm³/mol. The summed E-state index contributed by atoms with van der Waals surface area (Å²) in [5.41, 5.74) is 3.54. The Bertz CT molecular complexity index is 1090. The zero-order chi connectivity index (χ0) is 22.5. The molecular formula is C24H26N2O5. The van der Waals surface area contributed by atoms with Crippen LogP contribution in [0.15, 0.2) is 54.6 Å². The second kappa shape index (κ2) is 9.38. The van der Waals surface area contributed by atoms with Crippen LogP contribution in [0.4, 0.5) is 5.69 Å². The van der Waals surface area contributed by atoms with Crippen LogP contribution < -0.4 is 14.8 Å². The van der Waals surface area contributed by atoms with E-state index >= 15 is 0 Å². The Labute approximate surface area is 181 Å². The summed E-state index contributed by atoms with van der Waals surface area (Å²) >= 11 is 0. The first kappa shape index (κ1) is 22.0. The number of benzene rings is 2. The van der Waals surface area contributed by atoms with Crippen molar-refractivity contribution >= 4 is 17.6 Å². The lowest BCUT2D eigenvalue weighted by atomic mass is 10.2. The normalized spacial score (nSPS) is 11.5. The minimum absolute atomic E-state index is 0.423. The van der Waals surface area contributed by atoms with Crippen molar-refractivity contribution in [2.45, 2.75) is 26.9 Å². The first-order valence-corrected chi connectivity index (χ1v) is 9.84. The van der Waals surface area contributed by atoms with Crippen molar-refractivity contribution in [1.82, 2.24) is 4.57 Å². The Kier molecular flexibility index (Phi) is 6.65. The molecule has 1 N–H and O–H groups in total. The maximum atomic E-state index is 12.8. The summed E-state index contributed by atoms with van der Waals surface area (Å²) < 4.78 is 17.8. The van der Waals surface area contributed by atoms with E-state index in [-0.39, 0.29) is 0 Å². The van der Waals surface area contributed by atoms with Crippen LogP contribution in [0.5, 0.6) is 11.5 Å². The average molecular weight is 422 g/mol. The van der Waals surface area contributed by atoms with Gasteiger partial charge in [-0.05, 0) is 51.1 Å². The summed E-state index contributed by atoms with van der Waals surface area (Å²) in [5, 5.41) is 2.72. The van der Waals surface area contributed by atoms with Gasteiger partial charge in [0.05, 0.1) is 19.8 Å². The Balaban J connectivity index is 1.71. The highest BCUT2D eigenvalue weighted by molar-refractivity contribution is 5.98. The van der Waals surface area contributed by atoms with Gasteiger partial charge in [0.15, 0.2) is 17.6 Å². The van der Waals surface area contributed by atoms with Gasteiger partial charge in [-0.1, -0.05) is 18.2 Å². The number of ether oxygens (including phenoxy) is 3. The maximum Gasteiger partial charge on any atom is 0.340 e. The fraction of sp³-hybridized carbons (Fsp3) is 0.250. The third-order valence-electron chi connectivity index (χ3n) is 4.97. The molecule has 3 rings (SSSR count). The van der Waals surface area contributed by atoms with E-state index < -0.39 is 18.0 Å². The first-order chi connectivity index (χ1) is 14.8. The van der Waals surface area contributed by atoms with Crippen LogP contribution in [0.25, 0.3) is 5.69 Å². The third kappa shape index (κ3) is 4.71. The molecule has 0 aliphatic rings. The molecule has 1 aromatic heterocycles. The minimum atomic E-state index is -0.986. The molecule has 7 heteroatoms. The van der Waals surface area contributed by atoms with Gasteiger partial charge in [0, 0.05) is 28.8 Å². The number of nitrogens with zero attached hydrogens (tertiary/aromatic N) is 1. The van der Waals surface area contributed by atoms with Crippen LogP contribution >= 0.6 is 0 Å². The SMILES string of the molecule is COc1ccc(NC(=O)C(C)OC(=O)c2cc(C)n(-c3ccccc3)c2C)cc1OC. The zero-order valence-corrected chi connectivity index (χ0v) is 18.3. The lowest BCUT2D eigenvalue weighted by Gasteiger charge is -2.15. The molecule has 1 unspecified atom stereocenters. The second-order valence-corrected chi connectivity index (χ2v) is 7.06. The largest absolute Gasteiger partial charge is 0.493 e. The number of carbonyl (C=O) groups excluding carboxylic acids is 2. The highest BCUT2D eigenvalue weighted by atomic mass is 16.5. The summed E-state index contributed by atoms with van der Waals surface area (Å²) in [4.78, 5) is 25.3. The molecule has 0 bridgehead atoms. The molecule has 0 saturated heterocycles. The summed E-state index contributed by atoms with van der Waals surface area (Å²) in [7, 11) is 3.05. The molecular weight excluding hydrogens is 396 g/mol. The second-order valence-electron chi connectivity index (χ2n) is 7.06. The smallest absolute Gasteiger partial charge is 0.340 e. The van der Waals surface area contributed by atoms with Crippen LogP contribution in [-0.2, 0) is 9.53 Å². The van der Waals surface area contributed by atoms with Gasteiger partial charge in [0.2, 0.25) is 0 Å². The number of hydrogen-bond donors (Lipinski definition) is 1. The van der Waals surface area contributed by atoms with Crippen molar-refractivity contribution in [2.75, 3.05) is 19.5 Å². The van der Waals surface area contributed by atoms with Gasteiger partial charge in [-0.3, -0.25) is 4.79 Å². The number of para-hydroxylation sites is 1. The van der Waals surface area contributed by atoms with Crippen molar-refractivity contribution < 1.29 is 23.8 Å². The van der Waals surface area contributed by atoms with E-state index in [1.807, 2.05) is 48.7 Å². The number of carbonyl (C=O) groups is 2. The van der Waals surface area contributed by atoms with Gasteiger partial charge in [-0.2, -0.15) is 0 Å². The molecule has 0 spiro atoms. The summed E-state index contributed by atoms with van der Waals surface area (Å²) in [5.74, 6) is 0.0368.